The van der Waals surface area contributed by atoms with Crippen molar-refractivity contribution < 1.29 is 28.9 Å². The van der Waals surface area contributed by atoms with Crippen molar-refractivity contribution in [1.29, 1.82) is 0 Å². The first-order valence-corrected chi connectivity index (χ1v) is 5.15. The van der Waals surface area contributed by atoms with Crippen molar-refractivity contribution in [2.45, 2.75) is 13.0 Å². The van der Waals surface area contributed by atoms with Gasteiger partial charge in [0.05, 0.1) is 19.8 Å². The average molecular weight is 254 g/mol. The quantitative estimate of drug-likeness (QED) is 0.631. The molecule has 18 heavy (non-hydrogen) atoms. The molecule has 1 atom stereocenters. The minimum atomic E-state index is -1.27. The van der Waals surface area contributed by atoms with Gasteiger partial charge < -0.3 is 19.3 Å². The Labute approximate surface area is 104 Å². The van der Waals surface area contributed by atoms with Gasteiger partial charge in [-0.05, 0) is 25.1 Å². The van der Waals surface area contributed by atoms with Crippen molar-refractivity contribution >= 4 is 11.9 Å². The van der Waals surface area contributed by atoms with Crippen LogP contribution < -0.4 is 9.47 Å². The van der Waals surface area contributed by atoms with Crippen molar-refractivity contribution in [1.82, 2.24) is 0 Å². The van der Waals surface area contributed by atoms with Gasteiger partial charge >= 0.3 is 11.9 Å². The fraction of sp³-hybridized carbons (Fsp3) is 0.333. The van der Waals surface area contributed by atoms with Gasteiger partial charge in [-0.15, -0.1) is 0 Å². The molecule has 0 aliphatic heterocycles. The standard InChI is InChI=1S/C12H14O6/c1-7(13)11(14)18-10-6-8(12(15)17-3)4-5-9(10)16-2/h4-7,13H,1-3H3. The first-order chi connectivity index (χ1) is 8.49. The number of rotatable bonds is 4. The summed E-state index contributed by atoms with van der Waals surface area (Å²) in [6.45, 7) is 1.28. The average Bonchev–Trinajstić information content (AvgIpc) is 2.37. The van der Waals surface area contributed by atoms with Crippen LogP contribution in [0.5, 0.6) is 11.5 Å². The predicted molar refractivity (Wildman–Crippen MR) is 61.6 cm³/mol. The van der Waals surface area contributed by atoms with Gasteiger partial charge in [-0.2, -0.15) is 0 Å². The summed E-state index contributed by atoms with van der Waals surface area (Å²) in [6, 6.07) is 4.26. The van der Waals surface area contributed by atoms with E-state index in [1.54, 1.807) is 0 Å². The molecule has 0 spiro atoms. The lowest BCUT2D eigenvalue weighted by molar-refractivity contribution is -0.142. The third-order valence-electron chi connectivity index (χ3n) is 2.14. The molecule has 6 nitrogen and oxygen atoms in total. The first kappa shape index (κ1) is 14.0. The maximum atomic E-state index is 11.3. The SMILES string of the molecule is COC(=O)c1ccc(OC)c(OC(=O)C(C)O)c1. The molecule has 1 unspecified atom stereocenters. The summed E-state index contributed by atoms with van der Waals surface area (Å²) >= 11 is 0. The zero-order valence-electron chi connectivity index (χ0n) is 10.3. The van der Waals surface area contributed by atoms with E-state index in [4.69, 9.17) is 14.6 Å². The molecule has 98 valence electrons. The smallest absolute Gasteiger partial charge is 0.340 e. The molecule has 0 heterocycles. The first-order valence-electron chi connectivity index (χ1n) is 5.15. The summed E-state index contributed by atoms with van der Waals surface area (Å²) in [6.07, 6.45) is -1.27. The highest BCUT2D eigenvalue weighted by Gasteiger charge is 2.17. The summed E-state index contributed by atoms with van der Waals surface area (Å²) in [4.78, 5) is 22.6. The number of aliphatic hydroxyl groups excluding tert-OH is 1. The fourth-order valence-corrected chi connectivity index (χ4v) is 1.19. The molecule has 0 fully saturated rings. The number of benzene rings is 1. The molecule has 0 aliphatic rings. The molecule has 0 saturated heterocycles. The number of esters is 2. The lowest BCUT2D eigenvalue weighted by Gasteiger charge is -2.11. The molecule has 0 radical (unpaired) electrons. The van der Waals surface area contributed by atoms with E-state index in [1.165, 1.54) is 39.3 Å². The van der Waals surface area contributed by atoms with Crippen molar-refractivity contribution in [3.8, 4) is 11.5 Å². The number of hydrogen-bond acceptors (Lipinski definition) is 6. The summed E-state index contributed by atoms with van der Waals surface area (Å²) in [5, 5.41) is 9.06. The van der Waals surface area contributed by atoms with Gasteiger partial charge in [0.1, 0.15) is 6.10 Å². The highest BCUT2D eigenvalue weighted by molar-refractivity contribution is 5.90. The van der Waals surface area contributed by atoms with Gasteiger partial charge in [-0.3, -0.25) is 0 Å². The molecular formula is C12H14O6. The summed E-state index contributed by atoms with van der Waals surface area (Å²) in [5.41, 5.74) is 0.215. The third-order valence-corrected chi connectivity index (χ3v) is 2.14. The van der Waals surface area contributed by atoms with Crippen LogP contribution in [0.4, 0.5) is 0 Å². The topological polar surface area (TPSA) is 82.1 Å². The second-order valence-corrected chi connectivity index (χ2v) is 3.45. The van der Waals surface area contributed by atoms with Crippen molar-refractivity contribution in [3.63, 3.8) is 0 Å². The van der Waals surface area contributed by atoms with Crippen molar-refractivity contribution in [3.05, 3.63) is 23.8 Å². The van der Waals surface area contributed by atoms with E-state index in [2.05, 4.69) is 4.74 Å². The van der Waals surface area contributed by atoms with Crippen LogP contribution >= 0.6 is 0 Å². The predicted octanol–water partition coefficient (Wildman–Crippen LogP) is 0.768. The Kier molecular flexibility index (Phi) is 4.67. The Hall–Kier alpha value is -2.08. The van der Waals surface area contributed by atoms with Crippen LogP contribution in [0.15, 0.2) is 18.2 Å². The van der Waals surface area contributed by atoms with Gasteiger partial charge in [0.2, 0.25) is 0 Å². The van der Waals surface area contributed by atoms with E-state index >= 15 is 0 Å². The Morgan fingerprint density at radius 3 is 2.39 bits per heavy atom. The van der Waals surface area contributed by atoms with Crippen molar-refractivity contribution in [2.75, 3.05) is 14.2 Å². The molecule has 0 amide bonds. The van der Waals surface area contributed by atoms with Crippen molar-refractivity contribution in [2.24, 2.45) is 0 Å². The number of carbonyl (C=O) groups is 2. The highest BCUT2D eigenvalue weighted by Crippen LogP contribution is 2.28. The molecule has 6 heteroatoms. The maximum absolute atomic E-state index is 11.3. The van der Waals surface area contributed by atoms with E-state index in [9.17, 15) is 9.59 Å². The molecule has 0 bridgehead atoms. The van der Waals surface area contributed by atoms with Crippen LogP contribution in [0, 0.1) is 0 Å². The zero-order chi connectivity index (χ0) is 13.7. The number of carbonyl (C=O) groups excluding carboxylic acids is 2. The minimum absolute atomic E-state index is 0.0475. The van der Waals surface area contributed by atoms with Crippen LogP contribution in [0.1, 0.15) is 17.3 Å². The number of ether oxygens (including phenoxy) is 3. The number of methoxy groups -OCH3 is 2. The van der Waals surface area contributed by atoms with Gasteiger partial charge in [-0.25, -0.2) is 9.59 Å². The molecular weight excluding hydrogens is 240 g/mol. The van der Waals surface area contributed by atoms with Crippen LogP contribution in [0.25, 0.3) is 0 Å². The Bertz CT molecular complexity index is 452. The molecule has 1 N–H and O–H groups in total. The lowest BCUT2D eigenvalue weighted by Crippen LogP contribution is -2.22. The molecule has 1 aromatic carbocycles. The highest BCUT2D eigenvalue weighted by atomic mass is 16.6. The van der Waals surface area contributed by atoms with Gasteiger partial charge in [-0.1, -0.05) is 0 Å². The van der Waals surface area contributed by atoms with Crippen LogP contribution in [0.2, 0.25) is 0 Å². The Morgan fingerprint density at radius 2 is 1.89 bits per heavy atom. The number of aliphatic hydroxyl groups is 1. The molecule has 0 aliphatic carbocycles. The third kappa shape index (κ3) is 3.21. The normalized spacial score (nSPS) is 11.6. The van der Waals surface area contributed by atoms with Crippen LogP contribution in [-0.2, 0) is 9.53 Å². The molecule has 0 saturated carbocycles. The molecule has 1 rings (SSSR count). The lowest BCUT2D eigenvalue weighted by atomic mass is 10.2. The van der Waals surface area contributed by atoms with E-state index < -0.39 is 18.0 Å². The fourth-order valence-electron chi connectivity index (χ4n) is 1.19. The molecule has 1 aromatic rings. The van der Waals surface area contributed by atoms with E-state index in [1.807, 2.05) is 0 Å². The summed E-state index contributed by atoms with van der Waals surface area (Å²) in [5.74, 6) is -1.08. The number of hydrogen-bond donors (Lipinski definition) is 1. The molecule has 0 aromatic heterocycles. The monoisotopic (exact) mass is 254 g/mol. The van der Waals surface area contributed by atoms with Gasteiger partial charge in [0.15, 0.2) is 11.5 Å². The van der Waals surface area contributed by atoms with E-state index in [-0.39, 0.29) is 17.1 Å². The zero-order valence-corrected chi connectivity index (χ0v) is 10.3. The van der Waals surface area contributed by atoms with Crippen LogP contribution in [0.3, 0.4) is 0 Å². The summed E-state index contributed by atoms with van der Waals surface area (Å²) < 4.78 is 14.4. The second kappa shape index (κ2) is 6.02. The van der Waals surface area contributed by atoms with E-state index in [0.29, 0.717) is 0 Å². The Balaban J connectivity index is 3.06. The van der Waals surface area contributed by atoms with Gasteiger partial charge in [0, 0.05) is 0 Å². The van der Waals surface area contributed by atoms with Crippen LogP contribution in [-0.4, -0.2) is 37.4 Å². The van der Waals surface area contributed by atoms with E-state index in [0.717, 1.165) is 0 Å². The largest absolute Gasteiger partial charge is 0.493 e. The maximum Gasteiger partial charge on any atom is 0.340 e. The van der Waals surface area contributed by atoms with Gasteiger partial charge in [0.25, 0.3) is 0 Å². The second-order valence-electron chi connectivity index (χ2n) is 3.45. The Morgan fingerprint density at radius 1 is 1.22 bits per heavy atom. The summed E-state index contributed by atoms with van der Waals surface area (Å²) in [7, 11) is 2.64. The minimum Gasteiger partial charge on any atom is -0.493 e.